The van der Waals surface area contributed by atoms with Crippen molar-refractivity contribution < 1.29 is 23.7 Å². The summed E-state index contributed by atoms with van der Waals surface area (Å²) in [6.07, 6.45) is 3.94. The summed E-state index contributed by atoms with van der Waals surface area (Å²) < 4.78 is 22.2. The van der Waals surface area contributed by atoms with Gasteiger partial charge in [-0.3, -0.25) is 4.79 Å². The highest BCUT2D eigenvalue weighted by molar-refractivity contribution is 6.32. The predicted octanol–water partition coefficient (Wildman–Crippen LogP) is 3.92. The van der Waals surface area contributed by atoms with Crippen LogP contribution in [0, 0.1) is 0 Å². The van der Waals surface area contributed by atoms with Crippen LogP contribution in [0.1, 0.15) is 12.0 Å². The number of carbonyl (C=O) groups excluding carboxylic acids is 1. The van der Waals surface area contributed by atoms with Crippen LogP contribution in [-0.2, 0) is 4.79 Å². The SMILES string of the molecule is O=C(C=Cc1cc(Cl)c2c(c1)OCCO2)Nc1ccc2c(c1)OCCCO2. The molecule has 1 N–H and O–H groups in total. The molecule has 2 aliphatic rings. The summed E-state index contributed by atoms with van der Waals surface area (Å²) in [6.45, 7) is 2.16. The molecule has 2 aromatic rings. The summed E-state index contributed by atoms with van der Waals surface area (Å²) in [5.74, 6) is 2.17. The van der Waals surface area contributed by atoms with Crippen LogP contribution in [0.5, 0.6) is 23.0 Å². The first kappa shape index (κ1) is 17.5. The van der Waals surface area contributed by atoms with Gasteiger partial charge >= 0.3 is 0 Å². The molecule has 0 radical (unpaired) electrons. The lowest BCUT2D eigenvalue weighted by atomic mass is 10.1. The average molecular weight is 388 g/mol. The third kappa shape index (κ3) is 4.11. The zero-order valence-corrected chi connectivity index (χ0v) is 15.3. The van der Waals surface area contributed by atoms with Gasteiger partial charge in [-0.1, -0.05) is 11.6 Å². The van der Waals surface area contributed by atoms with Crippen LogP contribution in [0.4, 0.5) is 5.69 Å². The molecule has 0 aromatic heterocycles. The minimum atomic E-state index is -0.268. The summed E-state index contributed by atoms with van der Waals surface area (Å²) in [5.41, 5.74) is 1.38. The van der Waals surface area contributed by atoms with E-state index >= 15 is 0 Å². The summed E-state index contributed by atoms with van der Waals surface area (Å²) in [6, 6.07) is 8.85. The molecule has 7 heteroatoms. The molecule has 4 rings (SSSR count). The molecule has 0 aliphatic carbocycles. The Kier molecular flexibility index (Phi) is 5.07. The highest BCUT2D eigenvalue weighted by atomic mass is 35.5. The molecule has 0 fully saturated rings. The Morgan fingerprint density at radius 2 is 1.70 bits per heavy atom. The van der Waals surface area contributed by atoms with Crippen molar-refractivity contribution >= 4 is 29.3 Å². The summed E-state index contributed by atoms with van der Waals surface area (Å²) >= 11 is 6.21. The van der Waals surface area contributed by atoms with E-state index < -0.39 is 0 Å². The van der Waals surface area contributed by atoms with Crippen molar-refractivity contribution in [2.24, 2.45) is 0 Å². The molecular formula is C20H18ClNO5. The van der Waals surface area contributed by atoms with Gasteiger partial charge in [0.1, 0.15) is 13.2 Å². The minimum Gasteiger partial charge on any atom is -0.490 e. The normalized spacial score (nSPS) is 15.3. The van der Waals surface area contributed by atoms with Crippen molar-refractivity contribution in [1.82, 2.24) is 0 Å². The van der Waals surface area contributed by atoms with Crippen molar-refractivity contribution in [3.63, 3.8) is 0 Å². The molecule has 0 unspecified atom stereocenters. The number of benzene rings is 2. The van der Waals surface area contributed by atoms with E-state index in [-0.39, 0.29) is 5.91 Å². The molecule has 0 atom stereocenters. The molecule has 0 spiro atoms. The minimum absolute atomic E-state index is 0.268. The molecular weight excluding hydrogens is 370 g/mol. The van der Waals surface area contributed by atoms with E-state index in [1.54, 1.807) is 36.4 Å². The predicted molar refractivity (Wildman–Crippen MR) is 102 cm³/mol. The largest absolute Gasteiger partial charge is 0.490 e. The van der Waals surface area contributed by atoms with Gasteiger partial charge in [-0.15, -0.1) is 0 Å². The molecule has 0 saturated heterocycles. The van der Waals surface area contributed by atoms with Crippen LogP contribution in [0.25, 0.3) is 6.08 Å². The van der Waals surface area contributed by atoms with Crippen molar-refractivity contribution in [3.8, 4) is 23.0 Å². The van der Waals surface area contributed by atoms with Crippen molar-refractivity contribution in [3.05, 3.63) is 47.0 Å². The van der Waals surface area contributed by atoms with E-state index in [1.165, 1.54) is 6.08 Å². The molecule has 1 amide bonds. The molecule has 140 valence electrons. The number of halogens is 1. The third-order valence-corrected chi connectivity index (χ3v) is 4.34. The lowest BCUT2D eigenvalue weighted by Crippen LogP contribution is -2.15. The van der Waals surface area contributed by atoms with E-state index in [2.05, 4.69) is 5.32 Å². The van der Waals surface area contributed by atoms with Gasteiger partial charge in [0, 0.05) is 24.3 Å². The topological polar surface area (TPSA) is 66.0 Å². The number of nitrogens with one attached hydrogen (secondary N) is 1. The lowest BCUT2D eigenvalue weighted by Gasteiger charge is -2.19. The van der Waals surface area contributed by atoms with Gasteiger partial charge in [-0.25, -0.2) is 0 Å². The van der Waals surface area contributed by atoms with Gasteiger partial charge in [0.05, 0.1) is 18.2 Å². The van der Waals surface area contributed by atoms with Gasteiger partial charge in [0.15, 0.2) is 23.0 Å². The van der Waals surface area contributed by atoms with Gasteiger partial charge in [0.2, 0.25) is 5.91 Å². The first-order valence-corrected chi connectivity index (χ1v) is 9.05. The molecule has 27 heavy (non-hydrogen) atoms. The first-order valence-electron chi connectivity index (χ1n) is 8.67. The summed E-state index contributed by atoms with van der Waals surface area (Å²) in [4.78, 5) is 12.2. The summed E-state index contributed by atoms with van der Waals surface area (Å²) in [7, 11) is 0. The van der Waals surface area contributed by atoms with Crippen LogP contribution in [0.15, 0.2) is 36.4 Å². The summed E-state index contributed by atoms with van der Waals surface area (Å²) in [5, 5.41) is 3.26. The van der Waals surface area contributed by atoms with E-state index in [4.69, 9.17) is 30.5 Å². The highest BCUT2D eigenvalue weighted by Gasteiger charge is 2.16. The zero-order chi connectivity index (χ0) is 18.6. The molecule has 0 bridgehead atoms. The van der Waals surface area contributed by atoms with E-state index in [0.29, 0.717) is 60.1 Å². The van der Waals surface area contributed by atoms with Gasteiger partial charge < -0.3 is 24.3 Å². The number of hydrogen-bond acceptors (Lipinski definition) is 5. The second-order valence-electron chi connectivity index (χ2n) is 6.06. The van der Waals surface area contributed by atoms with E-state index in [9.17, 15) is 4.79 Å². The van der Waals surface area contributed by atoms with Crippen molar-refractivity contribution in [1.29, 1.82) is 0 Å². The van der Waals surface area contributed by atoms with Crippen LogP contribution in [0.2, 0.25) is 5.02 Å². The molecule has 2 heterocycles. The van der Waals surface area contributed by atoms with E-state index in [0.717, 1.165) is 12.0 Å². The van der Waals surface area contributed by atoms with Gasteiger partial charge in [-0.05, 0) is 35.9 Å². The standard InChI is InChI=1S/C20H18ClNO5/c21-15-10-13(11-18-20(15)27-9-8-26-18)2-5-19(23)22-14-3-4-16-17(12-14)25-7-1-6-24-16/h2-5,10-12H,1,6-9H2,(H,22,23). The number of rotatable bonds is 3. The maximum Gasteiger partial charge on any atom is 0.248 e. The zero-order valence-electron chi connectivity index (χ0n) is 14.5. The van der Waals surface area contributed by atoms with E-state index in [1.807, 2.05) is 0 Å². The highest BCUT2D eigenvalue weighted by Crippen LogP contribution is 2.38. The van der Waals surface area contributed by atoms with Crippen LogP contribution in [0.3, 0.4) is 0 Å². The fraction of sp³-hybridized carbons (Fsp3) is 0.250. The van der Waals surface area contributed by atoms with Gasteiger partial charge in [0.25, 0.3) is 0 Å². The fourth-order valence-corrected chi connectivity index (χ4v) is 3.10. The Morgan fingerprint density at radius 3 is 2.59 bits per heavy atom. The molecule has 6 nitrogen and oxygen atoms in total. The van der Waals surface area contributed by atoms with Crippen molar-refractivity contribution in [2.75, 3.05) is 31.7 Å². The number of ether oxygens (including phenoxy) is 4. The Morgan fingerprint density at radius 1 is 0.926 bits per heavy atom. The molecule has 0 saturated carbocycles. The second kappa shape index (κ2) is 7.80. The Bertz CT molecular complexity index is 896. The monoisotopic (exact) mass is 387 g/mol. The Hall–Kier alpha value is -2.86. The van der Waals surface area contributed by atoms with Crippen LogP contribution < -0.4 is 24.3 Å². The number of carbonyl (C=O) groups is 1. The average Bonchev–Trinajstić information content (AvgIpc) is 2.91. The number of anilines is 1. The smallest absolute Gasteiger partial charge is 0.248 e. The van der Waals surface area contributed by atoms with Crippen LogP contribution >= 0.6 is 11.6 Å². The Balaban J connectivity index is 1.45. The maximum atomic E-state index is 12.2. The van der Waals surface area contributed by atoms with Crippen molar-refractivity contribution in [2.45, 2.75) is 6.42 Å². The lowest BCUT2D eigenvalue weighted by molar-refractivity contribution is -0.111. The molecule has 2 aliphatic heterocycles. The number of amides is 1. The molecule has 2 aromatic carbocycles. The number of fused-ring (bicyclic) bond motifs is 2. The fourth-order valence-electron chi connectivity index (χ4n) is 2.82. The quantitative estimate of drug-likeness (QED) is 0.808. The first-order chi connectivity index (χ1) is 13.2. The number of hydrogen-bond donors (Lipinski definition) is 1. The third-order valence-electron chi connectivity index (χ3n) is 4.06. The van der Waals surface area contributed by atoms with Gasteiger partial charge in [-0.2, -0.15) is 0 Å². The van der Waals surface area contributed by atoms with Crippen LogP contribution in [-0.4, -0.2) is 32.3 Å². The maximum absolute atomic E-state index is 12.2. The second-order valence-corrected chi connectivity index (χ2v) is 6.47. The Labute approximate surface area is 161 Å².